The van der Waals surface area contributed by atoms with Gasteiger partial charge in [-0.3, -0.25) is 13.6 Å². The molecule has 0 aromatic heterocycles. The number of phosphoric acid groups is 3. The third kappa shape index (κ3) is 7.74. The summed E-state index contributed by atoms with van der Waals surface area (Å²) in [5.41, 5.74) is 0. The normalized spacial score (nSPS) is 36.4. The molecule has 25 heavy (non-hydrogen) atoms. The molecule has 1 rings (SSSR count). The van der Waals surface area contributed by atoms with Gasteiger partial charge >= 0.3 is 15.6 Å². The van der Waals surface area contributed by atoms with Gasteiger partial charge in [0.25, 0.3) is 7.82 Å². The summed E-state index contributed by atoms with van der Waals surface area (Å²) in [7, 11) is -16.6. The van der Waals surface area contributed by atoms with Crippen molar-refractivity contribution in [1.82, 2.24) is 6.15 Å². The Balaban J connectivity index is 0.00000576. The second-order valence-electron chi connectivity index (χ2n) is 4.63. The topological polar surface area (TPSA) is 300 Å². The minimum atomic E-state index is -5.68. The number of aliphatic hydroxyl groups excluding tert-OH is 3. The highest BCUT2D eigenvalue weighted by molar-refractivity contribution is 7.46. The fourth-order valence-electron chi connectivity index (χ4n) is 2.00. The summed E-state index contributed by atoms with van der Waals surface area (Å²) in [6, 6.07) is 0. The molecule has 0 aromatic carbocycles. The van der Waals surface area contributed by atoms with E-state index in [1.165, 1.54) is 0 Å². The van der Waals surface area contributed by atoms with Gasteiger partial charge in [-0.2, -0.15) is 0 Å². The first-order valence-electron chi connectivity index (χ1n) is 5.76. The summed E-state index contributed by atoms with van der Waals surface area (Å²) in [6.07, 6.45) is -14.6. The van der Waals surface area contributed by atoms with Crippen molar-refractivity contribution in [3.63, 3.8) is 0 Å². The van der Waals surface area contributed by atoms with E-state index in [0.717, 1.165) is 0 Å². The predicted molar refractivity (Wildman–Crippen MR) is 72.5 cm³/mol. The fraction of sp³-hybridized carbons (Fsp3) is 1.00. The van der Waals surface area contributed by atoms with Crippen molar-refractivity contribution in [3.8, 4) is 0 Å². The van der Waals surface area contributed by atoms with Gasteiger partial charge in [0.05, 0.1) is 0 Å². The van der Waals surface area contributed by atoms with E-state index in [1.54, 1.807) is 0 Å². The smallest absolute Gasteiger partial charge is 0.470 e. The summed E-state index contributed by atoms with van der Waals surface area (Å²) in [5, 5.41) is 28.9. The Morgan fingerprint density at radius 3 is 1.28 bits per heavy atom. The highest BCUT2D eigenvalue weighted by atomic mass is 31.2. The number of hydrogen-bond donors (Lipinski definition) is 9. The molecular formula is C6H18NO15P3. The predicted octanol–water partition coefficient (Wildman–Crippen LogP) is -3.74. The zero-order valence-corrected chi connectivity index (χ0v) is 14.9. The first-order chi connectivity index (χ1) is 10.5. The lowest BCUT2D eigenvalue weighted by Gasteiger charge is -2.45. The highest BCUT2D eigenvalue weighted by Gasteiger charge is 2.55. The van der Waals surface area contributed by atoms with Crippen LogP contribution in [0.2, 0.25) is 0 Å². The van der Waals surface area contributed by atoms with Crippen LogP contribution in [-0.4, -0.2) is 76.4 Å². The maximum Gasteiger partial charge on any atom is 0.470 e. The first kappa shape index (κ1) is 25.2. The summed E-state index contributed by atoms with van der Waals surface area (Å²) < 4.78 is 44.7. The van der Waals surface area contributed by atoms with E-state index < -0.39 is 60.1 Å². The lowest BCUT2D eigenvalue weighted by Crippen LogP contribution is -2.65. The number of phosphoric ester groups is 3. The van der Waals surface area contributed by atoms with Crippen molar-refractivity contribution in [2.45, 2.75) is 36.6 Å². The van der Waals surface area contributed by atoms with Crippen LogP contribution in [-0.2, 0) is 27.3 Å². The van der Waals surface area contributed by atoms with Crippen molar-refractivity contribution < 1.29 is 71.9 Å². The number of rotatable bonds is 6. The molecule has 152 valence electrons. The third-order valence-corrected chi connectivity index (χ3v) is 4.34. The second-order valence-corrected chi connectivity index (χ2v) is 8.16. The zero-order chi connectivity index (χ0) is 19.1. The van der Waals surface area contributed by atoms with Gasteiger partial charge < -0.3 is 55.4 Å². The quantitative estimate of drug-likeness (QED) is 0.180. The lowest BCUT2D eigenvalue weighted by atomic mass is 9.85. The van der Waals surface area contributed by atoms with E-state index in [1.807, 2.05) is 0 Å². The van der Waals surface area contributed by atoms with E-state index in [9.17, 15) is 33.9 Å². The van der Waals surface area contributed by atoms with Crippen LogP contribution in [0.3, 0.4) is 0 Å². The summed E-state index contributed by atoms with van der Waals surface area (Å²) in [4.78, 5) is 54.5. The van der Waals surface area contributed by atoms with Crippen LogP contribution in [0.1, 0.15) is 0 Å². The summed E-state index contributed by atoms with van der Waals surface area (Å²) >= 11 is 0. The van der Waals surface area contributed by atoms with Gasteiger partial charge in [-0.1, -0.05) is 0 Å². The Bertz CT molecular complexity index is 542. The van der Waals surface area contributed by atoms with Gasteiger partial charge in [-0.05, 0) is 0 Å². The molecule has 0 aliphatic heterocycles. The van der Waals surface area contributed by atoms with Crippen molar-refractivity contribution >= 4 is 23.5 Å². The highest BCUT2D eigenvalue weighted by Crippen LogP contribution is 2.49. The SMILES string of the molecule is O=P([O-])(O)O[C@H]1[C@H](O)[C@@H](O)[C@@H](O)[C@@H](OP(=O)(O)O)[C@@H]1OP(=O)(O)O.[NH4+]. The maximum absolute atomic E-state index is 10.9. The molecule has 1 fully saturated rings. The van der Waals surface area contributed by atoms with Gasteiger partial charge in [0.1, 0.15) is 36.6 Å². The molecule has 1 unspecified atom stereocenters. The van der Waals surface area contributed by atoms with Crippen LogP contribution < -0.4 is 11.0 Å². The minimum Gasteiger partial charge on any atom is -0.756 e. The van der Waals surface area contributed by atoms with Crippen LogP contribution in [0.4, 0.5) is 0 Å². The monoisotopic (exact) mass is 437 g/mol. The van der Waals surface area contributed by atoms with E-state index >= 15 is 0 Å². The second kappa shape index (κ2) is 8.46. The van der Waals surface area contributed by atoms with Crippen LogP contribution in [0.5, 0.6) is 0 Å². The average Bonchev–Trinajstić information content (AvgIpc) is 2.32. The Morgan fingerprint density at radius 1 is 0.640 bits per heavy atom. The van der Waals surface area contributed by atoms with Crippen molar-refractivity contribution in [3.05, 3.63) is 0 Å². The van der Waals surface area contributed by atoms with Gasteiger partial charge in [0.15, 0.2) is 0 Å². The molecule has 7 atom stereocenters. The Kier molecular flexibility index (Phi) is 8.51. The number of quaternary nitrogens is 1. The van der Waals surface area contributed by atoms with Crippen molar-refractivity contribution in [1.29, 1.82) is 0 Å². The first-order valence-corrected chi connectivity index (χ1v) is 10.3. The maximum atomic E-state index is 10.9. The molecule has 0 heterocycles. The lowest BCUT2D eigenvalue weighted by molar-refractivity contribution is -0.253. The molecule has 0 saturated heterocycles. The molecule has 0 spiro atoms. The number of aliphatic hydroxyl groups is 3. The van der Waals surface area contributed by atoms with Crippen LogP contribution in [0.25, 0.3) is 0 Å². The molecule has 1 aliphatic carbocycles. The van der Waals surface area contributed by atoms with Gasteiger partial charge in [-0.15, -0.1) is 0 Å². The molecular weight excluding hydrogens is 419 g/mol. The molecule has 0 amide bonds. The molecule has 12 N–H and O–H groups in total. The van der Waals surface area contributed by atoms with Gasteiger partial charge in [0.2, 0.25) is 0 Å². The van der Waals surface area contributed by atoms with Crippen molar-refractivity contribution in [2.75, 3.05) is 0 Å². The Labute approximate surface area is 139 Å². The standard InChI is InChI=1S/C6H15O15P3.H3N/c7-1-2(8)4(19-22(10,11)12)6(21-24(16,17)18)5(3(1)9)20-23(13,14)15;/h1-9H,(H2,10,11,12)(H2,13,14,15)(H2,16,17,18);1H3/t1-,2-,3-,4+,5-,6-;/m1./s1. The molecule has 16 nitrogen and oxygen atoms in total. The molecule has 0 radical (unpaired) electrons. The van der Waals surface area contributed by atoms with Crippen LogP contribution in [0.15, 0.2) is 0 Å². The number of hydrogen-bond acceptors (Lipinski definition) is 10. The van der Waals surface area contributed by atoms with Crippen LogP contribution >= 0.6 is 23.5 Å². The molecule has 1 saturated carbocycles. The van der Waals surface area contributed by atoms with Crippen LogP contribution in [0, 0.1) is 0 Å². The largest absolute Gasteiger partial charge is 0.756 e. The molecule has 0 aromatic rings. The van der Waals surface area contributed by atoms with E-state index in [4.69, 9.17) is 24.5 Å². The van der Waals surface area contributed by atoms with Crippen molar-refractivity contribution in [2.24, 2.45) is 0 Å². The Hall–Kier alpha value is 0.170. The summed E-state index contributed by atoms with van der Waals surface area (Å²) in [6.45, 7) is 0. The van der Waals surface area contributed by atoms with Gasteiger partial charge in [-0.25, -0.2) is 9.13 Å². The minimum absolute atomic E-state index is 0. The van der Waals surface area contributed by atoms with E-state index in [2.05, 4.69) is 13.6 Å². The fourth-order valence-corrected chi connectivity index (χ4v) is 3.67. The molecule has 1 aliphatic rings. The van der Waals surface area contributed by atoms with E-state index in [-0.39, 0.29) is 6.15 Å². The summed E-state index contributed by atoms with van der Waals surface area (Å²) in [5.74, 6) is 0. The van der Waals surface area contributed by atoms with Gasteiger partial charge in [0, 0.05) is 0 Å². The zero-order valence-electron chi connectivity index (χ0n) is 12.2. The average molecular weight is 437 g/mol. The Morgan fingerprint density at radius 2 is 0.960 bits per heavy atom. The van der Waals surface area contributed by atoms with E-state index in [0.29, 0.717) is 0 Å². The molecule has 19 heteroatoms. The molecule has 0 bridgehead atoms. The third-order valence-electron chi connectivity index (χ3n) is 2.79.